The van der Waals surface area contributed by atoms with Crippen LogP contribution in [-0.4, -0.2) is 15.9 Å². The van der Waals surface area contributed by atoms with Gasteiger partial charge in [0, 0.05) is 12.4 Å². The average Bonchev–Trinajstić information content (AvgIpc) is 2.38. The Hall–Kier alpha value is -2.30. The van der Waals surface area contributed by atoms with Crippen molar-refractivity contribution in [3.05, 3.63) is 59.4 Å². The third kappa shape index (κ3) is 2.68. The molecular weight excluding hydrogens is 233 g/mol. The third-order valence-corrected chi connectivity index (χ3v) is 2.55. The molecule has 0 unspecified atom stereocenters. The van der Waals surface area contributed by atoms with E-state index in [4.69, 9.17) is 0 Å². The van der Waals surface area contributed by atoms with Crippen molar-refractivity contribution >= 4 is 5.91 Å². The maximum absolute atomic E-state index is 13.3. The molecule has 0 bridgehead atoms. The number of aromatic nitrogens is 2. The number of carbonyl (C=O) groups is 1. The molecule has 0 fully saturated rings. The lowest BCUT2D eigenvalue weighted by Crippen LogP contribution is -2.24. The fraction of sp³-hybridized carbons (Fsp3) is 0.154. The summed E-state index contributed by atoms with van der Waals surface area (Å²) in [6.07, 6.45) is 4.05. The van der Waals surface area contributed by atoms with Crippen LogP contribution < -0.4 is 5.32 Å². The van der Waals surface area contributed by atoms with Gasteiger partial charge in [-0.1, -0.05) is 6.07 Å². The van der Waals surface area contributed by atoms with Gasteiger partial charge in [-0.2, -0.15) is 0 Å². The summed E-state index contributed by atoms with van der Waals surface area (Å²) in [6, 6.07) is 5.07. The molecule has 18 heavy (non-hydrogen) atoms. The summed E-state index contributed by atoms with van der Waals surface area (Å²) in [6.45, 7) is 2.18. The van der Waals surface area contributed by atoms with E-state index in [1.807, 2.05) is 19.1 Å². The zero-order chi connectivity index (χ0) is 13.0. The molecule has 0 spiro atoms. The Balaban J connectivity index is 2.06. The van der Waals surface area contributed by atoms with Crippen molar-refractivity contribution in [2.24, 2.45) is 0 Å². The lowest BCUT2D eigenvalue weighted by atomic mass is 10.2. The second-order valence-corrected chi connectivity index (χ2v) is 3.81. The van der Waals surface area contributed by atoms with Crippen molar-refractivity contribution in [1.82, 2.24) is 15.3 Å². The van der Waals surface area contributed by atoms with E-state index < -0.39 is 11.7 Å². The standard InChI is InChI=1S/C13H12FN3O/c1-9-3-2-5-16-12(9)8-17-13(18)10-4-6-15-7-11(10)14/h2-7H,8H2,1H3,(H,17,18). The molecule has 1 amide bonds. The van der Waals surface area contributed by atoms with Gasteiger partial charge in [0.2, 0.25) is 0 Å². The van der Waals surface area contributed by atoms with Crippen LogP contribution in [0.1, 0.15) is 21.6 Å². The molecule has 2 rings (SSSR count). The van der Waals surface area contributed by atoms with Crippen LogP contribution in [0.4, 0.5) is 4.39 Å². The predicted octanol–water partition coefficient (Wildman–Crippen LogP) is 1.85. The van der Waals surface area contributed by atoms with Gasteiger partial charge < -0.3 is 5.32 Å². The number of amides is 1. The fourth-order valence-corrected chi connectivity index (χ4v) is 1.52. The molecule has 0 saturated carbocycles. The molecule has 92 valence electrons. The fourth-order valence-electron chi connectivity index (χ4n) is 1.52. The Bertz CT molecular complexity index is 572. The third-order valence-electron chi connectivity index (χ3n) is 2.55. The van der Waals surface area contributed by atoms with E-state index in [-0.39, 0.29) is 12.1 Å². The number of pyridine rings is 2. The predicted molar refractivity (Wildman–Crippen MR) is 64.3 cm³/mol. The first-order chi connectivity index (χ1) is 8.68. The highest BCUT2D eigenvalue weighted by atomic mass is 19.1. The second-order valence-electron chi connectivity index (χ2n) is 3.81. The van der Waals surface area contributed by atoms with Crippen LogP contribution in [0.25, 0.3) is 0 Å². The Kier molecular flexibility index (Phi) is 3.62. The van der Waals surface area contributed by atoms with Crippen LogP contribution in [0.5, 0.6) is 0 Å². The lowest BCUT2D eigenvalue weighted by molar-refractivity contribution is 0.0946. The van der Waals surface area contributed by atoms with E-state index in [0.29, 0.717) is 0 Å². The molecule has 0 aliphatic rings. The molecule has 0 radical (unpaired) electrons. The summed E-state index contributed by atoms with van der Waals surface area (Å²) >= 11 is 0. The number of nitrogens with zero attached hydrogens (tertiary/aromatic N) is 2. The molecule has 0 aliphatic carbocycles. The van der Waals surface area contributed by atoms with Gasteiger partial charge in [0.05, 0.1) is 24.0 Å². The number of halogens is 1. The van der Waals surface area contributed by atoms with E-state index in [0.717, 1.165) is 17.5 Å². The topological polar surface area (TPSA) is 54.9 Å². The highest BCUT2D eigenvalue weighted by Gasteiger charge is 2.11. The van der Waals surface area contributed by atoms with Crippen LogP contribution in [0.15, 0.2) is 36.8 Å². The first kappa shape index (κ1) is 12.2. The van der Waals surface area contributed by atoms with Gasteiger partial charge in [-0.05, 0) is 24.6 Å². The van der Waals surface area contributed by atoms with Gasteiger partial charge in [-0.3, -0.25) is 14.8 Å². The summed E-state index contributed by atoms with van der Waals surface area (Å²) in [4.78, 5) is 19.5. The molecule has 2 aromatic heterocycles. The van der Waals surface area contributed by atoms with Gasteiger partial charge in [0.1, 0.15) is 0 Å². The van der Waals surface area contributed by atoms with Crippen LogP contribution in [0, 0.1) is 12.7 Å². The minimum absolute atomic E-state index is 0.0152. The number of rotatable bonds is 3. The Morgan fingerprint density at radius 1 is 1.39 bits per heavy atom. The monoisotopic (exact) mass is 245 g/mol. The summed E-state index contributed by atoms with van der Waals surface area (Å²) in [5, 5.41) is 2.63. The molecule has 5 heteroatoms. The van der Waals surface area contributed by atoms with E-state index in [2.05, 4.69) is 15.3 Å². The van der Waals surface area contributed by atoms with Crippen molar-refractivity contribution in [3.8, 4) is 0 Å². The Labute approximate surface area is 104 Å². The van der Waals surface area contributed by atoms with Crippen molar-refractivity contribution in [1.29, 1.82) is 0 Å². The van der Waals surface area contributed by atoms with E-state index >= 15 is 0 Å². The van der Waals surface area contributed by atoms with Crippen molar-refractivity contribution in [2.45, 2.75) is 13.5 Å². The van der Waals surface area contributed by atoms with Crippen LogP contribution in [0.3, 0.4) is 0 Å². The van der Waals surface area contributed by atoms with Crippen LogP contribution in [-0.2, 0) is 6.54 Å². The number of hydrogen-bond acceptors (Lipinski definition) is 3. The maximum Gasteiger partial charge on any atom is 0.254 e. The molecule has 0 aliphatic heterocycles. The number of hydrogen-bond donors (Lipinski definition) is 1. The normalized spacial score (nSPS) is 10.1. The van der Waals surface area contributed by atoms with Crippen LogP contribution in [0.2, 0.25) is 0 Å². The molecule has 1 N–H and O–H groups in total. The van der Waals surface area contributed by atoms with Gasteiger partial charge >= 0.3 is 0 Å². The summed E-state index contributed by atoms with van der Waals surface area (Å²) in [5.41, 5.74) is 1.73. The zero-order valence-electron chi connectivity index (χ0n) is 9.85. The van der Waals surface area contributed by atoms with Crippen LogP contribution >= 0.6 is 0 Å². The summed E-state index contributed by atoms with van der Waals surface area (Å²) in [7, 11) is 0. The molecule has 0 saturated heterocycles. The first-order valence-electron chi connectivity index (χ1n) is 5.46. The number of carbonyl (C=O) groups excluding carboxylic acids is 1. The van der Waals surface area contributed by atoms with Crippen molar-refractivity contribution in [3.63, 3.8) is 0 Å². The summed E-state index contributed by atoms with van der Waals surface area (Å²) < 4.78 is 13.3. The largest absolute Gasteiger partial charge is 0.346 e. The first-order valence-corrected chi connectivity index (χ1v) is 5.46. The maximum atomic E-state index is 13.3. The molecule has 4 nitrogen and oxygen atoms in total. The van der Waals surface area contributed by atoms with E-state index in [1.54, 1.807) is 6.20 Å². The van der Waals surface area contributed by atoms with Crippen molar-refractivity contribution in [2.75, 3.05) is 0 Å². The van der Waals surface area contributed by atoms with Gasteiger partial charge in [-0.15, -0.1) is 0 Å². The highest BCUT2D eigenvalue weighted by molar-refractivity contribution is 5.94. The highest BCUT2D eigenvalue weighted by Crippen LogP contribution is 2.06. The van der Waals surface area contributed by atoms with Gasteiger partial charge in [0.25, 0.3) is 5.91 Å². The Morgan fingerprint density at radius 3 is 2.94 bits per heavy atom. The average molecular weight is 245 g/mol. The minimum atomic E-state index is -0.632. The van der Waals surface area contributed by atoms with Gasteiger partial charge in [-0.25, -0.2) is 4.39 Å². The van der Waals surface area contributed by atoms with E-state index in [1.165, 1.54) is 12.3 Å². The molecule has 2 heterocycles. The minimum Gasteiger partial charge on any atom is -0.346 e. The molecule has 0 aromatic carbocycles. The quantitative estimate of drug-likeness (QED) is 0.897. The Morgan fingerprint density at radius 2 is 2.22 bits per heavy atom. The smallest absolute Gasteiger partial charge is 0.254 e. The molecule has 2 aromatic rings. The number of nitrogens with one attached hydrogen (secondary N) is 1. The second kappa shape index (κ2) is 5.35. The lowest BCUT2D eigenvalue weighted by Gasteiger charge is -2.07. The molecular formula is C13H12FN3O. The summed E-state index contributed by atoms with van der Waals surface area (Å²) in [5.74, 6) is -1.10. The SMILES string of the molecule is Cc1cccnc1CNC(=O)c1ccncc1F. The van der Waals surface area contributed by atoms with E-state index in [9.17, 15) is 9.18 Å². The van der Waals surface area contributed by atoms with Gasteiger partial charge in [0.15, 0.2) is 5.82 Å². The zero-order valence-corrected chi connectivity index (χ0v) is 9.85. The van der Waals surface area contributed by atoms with Crippen molar-refractivity contribution < 1.29 is 9.18 Å². The molecule has 0 atom stereocenters. The number of aryl methyl sites for hydroxylation is 1.